The van der Waals surface area contributed by atoms with Crippen LogP contribution in [0.25, 0.3) is 5.69 Å². The Morgan fingerprint density at radius 1 is 1.15 bits per heavy atom. The van der Waals surface area contributed by atoms with Gasteiger partial charge in [0.15, 0.2) is 5.69 Å². The van der Waals surface area contributed by atoms with Crippen LogP contribution < -0.4 is 9.47 Å². The van der Waals surface area contributed by atoms with Gasteiger partial charge in [-0.25, -0.2) is 4.68 Å². The molecule has 0 unspecified atom stereocenters. The quantitative estimate of drug-likeness (QED) is 0.622. The van der Waals surface area contributed by atoms with Gasteiger partial charge in [0.05, 0.1) is 19.3 Å². The Hall–Kier alpha value is -2.99. The second-order valence-electron chi connectivity index (χ2n) is 5.88. The summed E-state index contributed by atoms with van der Waals surface area (Å²) < 4.78 is 12.4. The normalized spacial score (nSPS) is 10.5. The molecule has 7 heteroatoms. The van der Waals surface area contributed by atoms with Gasteiger partial charge in [0.2, 0.25) is 0 Å². The summed E-state index contributed by atoms with van der Waals surface area (Å²) in [5, 5.41) is 4.97. The van der Waals surface area contributed by atoms with Crippen LogP contribution in [-0.4, -0.2) is 47.9 Å². The summed E-state index contributed by atoms with van der Waals surface area (Å²) in [7, 11) is 3.34. The number of halogens is 1. The van der Waals surface area contributed by atoms with Crippen molar-refractivity contribution in [2.24, 2.45) is 0 Å². The van der Waals surface area contributed by atoms with Crippen LogP contribution in [0.2, 0.25) is 5.02 Å². The van der Waals surface area contributed by atoms with E-state index in [-0.39, 0.29) is 5.91 Å². The number of hydrogen-bond donors (Lipinski definition) is 0. The molecule has 0 atom stereocenters. The van der Waals surface area contributed by atoms with E-state index in [1.807, 2.05) is 36.4 Å². The Labute approximate surface area is 162 Å². The van der Waals surface area contributed by atoms with E-state index in [2.05, 4.69) is 5.10 Å². The predicted octanol–water partition coefficient (Wildman–Crippen LogP) is 3.69. The molecule has 3 aromatic rings. The maximum Gasteiger partial charge on any atom is 0.274 e. The van der Waals surface area contributed by atoms with Gasteiger partial charge in [-0.05, 0) is 48.5 Å². The minimum Gasteiger partial charge on any atom is -0.497 e. The number of rotatable bonds is 7. The van der Waals surface area contributed by atoms with Crippen molar-refractivity contribution in [2.75, 3.05) is 27.3 Å². The van der Waals surface area contributed by atoms with Crippen LogP contribution in [-0.2, 0) is 0 Å². The third kappa shape index (κ3) is 4.80. The van der Waals surface area contributed by atoms with Crippen molar-refractivity contribution < 1.29 is 14.3 Å². The molecule has 6 nitrogen and oxygen atoms in total. The van der Waals surface area contributed by atoms with Gasteiger partial charge < -0.3 is 14.4 Å². The molecule has 1 heterocycles. The first kappa shape index (κ1) is 18.8. The van der Waals surface area contributed by atoms with E-state index in [0.29, 0.717) is 29.6 Å². The maximum atomic E-state index is 12.5. The van der Waals surface area contributed by atoms with Crippen LogP contribution in [0.5, 0.6) is 11.5 Å². The van der Waals surface area contributed by atoms with Crippen molar-refractivity contribution in [3.05, 3.63) is 71.5 Å². The number of ether oxygens (including phenoxy) is 2. The molecule has 2 aromatic carbocycles. The molecule has 0 radical (unpaired) electrons. The number of likely N-dealkylation sites (N-methyl/N-ethyl adjacent to an activating group) is 1. The highest BCUT2D eigenvalue weighted by Crippen LogP contribution is 2.17. The molecule has 140 valence electrons. The summed E-state index contributed by atoms with van der Waals surface area (Å²) in [5.74, 6) is 1.27. The number of methoxy groups -OCH3 is 1. The van der Waals surface area contributed by atoms with Gasteiger partial charge in [0.25, 0.3) is 5.91 Å². The Balaban J connectivity index is 1.57. The summed E-state index contributed by atoms with van der Waals surface area (Å²) >= 11 is 5.92. The fraction of sp³-hybridized carbons (Fsp3) is 0.200. The highest BCUT2D eigenvalue weighted by Gasteiger charge is 2.15. The van der Waals surface area contributed by atoms with Crippen LogP contribution >= 0.6 is 11.6 Å². The predicted molar refractivity (Wildman–Crippen MR) is 104 cm³/mol. The van der Waals surface area contributed by atoms with Gasteiger partial charge in [0, 0.05) is 18.3 Å². The zero-order valence-corrected chi connectivity index (χ0v) is 15.9. The molecule has 1 amide bonds. The topological polar surface area (TPSA) is 56.6 Å². The molecule has 0 aliphatic carbocycles. The third-order valence-electron chi connectivity index (χ3n) is 3.98. The number of carbonyl (C=O) groups is 1. The lowest BCUT2D eigenvalue weighted by molar-refractivity contribution is 0.0767. The van der Waals surface area contributed by atoms with Gasteiger partial charge >= 0.3 is 0 Å². The molecule has 0 aliphatic rings. The SMILES string of the molecule is COc1ccc(-n2ccc(C(=O)N(C)CCOc3cccc(Cl)c3)n2)cc1. The van der Waals surface area contributed by atoms with E-state index in [9.17, 15) is 4.79 Å². The highest BCUT2D eigenvalue weighted by molar-refractivity contribution is 6.30. The number of carbonyl (C=O) groups excluding carboxylic acids is 1. The monoisotopic (exact) mass is 385 g/mol. The molecule has 0 N–H and O–H groups in total. The van der Waals surface area contributed by atoms with Crippen LogP contribution in [0.15, 0.2) is 60.8 Å². The van der Waals surface area contributed by atoms with E-state index >= 15 is 0 Å². The van der Waals surface area contributed by atoms with Gasteiger partial charge in [-0.15, -0.1) is 0 Å². The van der Waals surface area contributed by atoms with Gasteiger partial charge in [-0.1, -0.05) is 17.7 Å². The molecular formula is C20H20ClN3O3. The lowest BCUT2D eigenvalue weighted by Gasteiger charge is -2.16. The molecule has 3 rings (SSSR count). The van der Waals surface area contributed by atoms with Gasteiger partial charge in [0.1, 0.15) is 18.1 Å². The first-order valence-corrected chi connectivity index (χ1v) is 8.78. The molecule has 0 bridgehead atoms. The number of benzene rings is 2. The lowest BCUT2D eigenvalue weighted by Crippen LogP contribution is -2.31. The Morgan fingerprint density at radius 2 is 1.93 bits per heavy atom. The van der Waals surface area contributed by atoms with E-state index in [4.69, 9.17) is 21.1 Å². The number of hydrogen-bond acceptors (Lipinski definition) is 4. The second-order valence-corrected chi connectivity index (χ2v) is 6.31. The maximum absolute atomic E-state index is 12.5. The number of aromatic nitrogens is 2. The average molecular weight is 386 g/mol. The fourth-order valence-electron chi connectivity index (χ4n) is 2.47. The van der Waals surface area contributed by atoms with Crippen molar-refractivity contribution in [3.63, 3.8) is 0 Å². The number of nitrogens with zero attached hydrogens (tertiary/aromatic N) is 3. The van der Waals surface area contributed by atoms with Gasteiger partial charge in [-0.3, -0.25) is 4.79 Å². The fourth-order valence-corrected chi connectivity index (χ4v) is 2.65. The smallest absolute Gasteiger partial charge is 0.274 e. The largest absolute Gasteiger partial charge is 0.497 e. The summed E-state index contributed by atoms with van der Waals surface area (Å²) in [5.41, 5.74) is 1.22. The third-order valence-corrected chi connectivity index (χ3v) is 4.22. The van der Waals surface area contributed by atoms with Crippen molar-refractivity contribution in [2.45, 2.75) is 0 Å². The van der Waals surface area contributed by atoms with E-state index in [1.165, 1.54) is 0 Å². The second kappa shape index (κ2) is 8.60. The molecule has 0 saturated heterocycles. The standard InChI is InChI=1S/C20H20ClN3O3/c1-23(12-13-27-18-5-3-4-15(21)14-18)20(25)19-10-11-24(22-19)16-6-8-17(26-2)9-7-16/h3-11,14H,12-13H2,1-2H3. The molecule has 0 aliphatic heterocycles. The lowest BCUT2D eigenvalue weighted by atomic mass is 10.3. The van der Waals surface area contributed by atoms with Gasteiger partial charge in [-0.2, -0.15) is 5.10 Å². The summed E-state index contributed by atoms with van der Waals surface area (Å²) in [6, 6.07) is 16.3. The minimum absolute atomic E-state index is 0.169. The van der Waals surface area contributed by atoms with E-state index < -0.39 is 0 Å². The summed E-state index contributed by atoms with van der Waals surface area (Å²) in [4.78, 5) is 14.1. The van der Waals surface area contributed by atoms with E-state index in [1.54, 1.807) is 48.1 Å². The molecule has 0 fully saturated rings. The Kier molecular flexibility index (Phi) is 5.98. The Bertz CT molecular complexity index is 909. The van der Waals surface area contributed by atoms with Crippen molar-refractivity contribution in [1.82, 2.24) is 14.7 Å². The van der Waals surface area contributed by atoms with Crippen LogP contribution in [0.4, 0.5) is 0 Å². The molecule has 0 saturated carbocycles. The van der Waals surface area contributed by atoms with E-state index in [0.717, 1.165) is 11.4 Å². The Morgan fingerprint density at radius 3 is 2.63 bits per heavy atom. The first-order valence-electron chi connectivity index (χ1n) is 8.41. The van der Waals surface area contributed by atoms with Crippen molar-refractivity contribution in [3.8, 4) is 17.2 Å². The zero-order chi connectivity index (χ0) is 19.2. The average Bonchev–Trinajstić information content (AvgIpc) is 3.17. The first-order chi connectivity index (χ1) is 13.1. The van der Waals surface area contributed by atoms with Crippen LogP contribution in [0, 0.1) is 0 Å². The molecule has 1 aromatic heterocycles. The minimum atomic E-state index is -0.169. The van der Waals surface area contributed by atoms with Crippen molar-refractivity contribution >= 4 is 17.5 Å². The molecule has 0 spiro atoms. The van der Waals surface area contributed by atoms with Crippen molar-refractivity contribution in [1.29, 1.82) is 0 Å². The summed E-state index contributed by atoms with van der Waals surface area (Å²) in [6.07, 6.45) is 1.76. The number of amides is 1. The molecular weight excluding hydrogens is 366 g/mol. The highest BCUT2D eigenvalue weighted by atomic mass is 35.5. The zero-order valence-electron chi connectivity index (χ0n) is 15.1. The van der Waals surface area contributed by atoms with Crippen LogP contribution in [0.1, 0.15) is 10.5 Å². The van der Waals surface area contributed by atoms with Crippen LogP contribution in [0.3, 0.4) is 0 Å². The molecule has 27 heavy (non-hydrogen) atoms. The summed E-state index contributed by atoms with van der Waals surface area (Å²) in [6.45, 7) is 0.794.